The molecule has 0 fully saturated rings. The van der Waals surface area contributed by atoms with E-state index < -0.39 is 69.0 Å². The second-order valence-electron chi connectivity index (χ2n) is 27.9. The maximum Gasteiger partial charge on any atom is 0.180 e. The first-order valence-corrected chi connectivity index (χ1v) is 31.9. The van der Waals surface area contributed by atoms with E-state index in [9.17, 15) is 58.5 Å². The smallest absolute Gasteiger partial charge is 0.180 e. The molecule has 12 heteroatoms. The Morgan fingerprint density at radius 1 is 0.416 bits per heavy atom. The molecule has 0 spiro atoms. The minimum Gasteiger partial charge on any atom is -0.511 e. The number of hydrogen-bond donors (Lipinski definition) is 3. The second kappa shape index (κ2) is 35.6. The quantitative estimate of drug-likeness (QED) is 0.0419. The van der Waals surface area contributed by atoms with E-state index in [0.717, 1.165) is 50.2 Å². The summed E-state index contributed by atoms with van der Waals surface area (Å²) in [4.78, 5) is 120. The van der Waals surface area contributed by atoms with Gasteiger partial charge in [0.15, 0.2) is 52.0 Å². The van der Waals surface area contributed by atoms with Crippen LogP contribution in [0.2, 0.25) is 0 Å². The Labute approximate surface area is 535 Å². The molecule has 12 nitrogen and oxygen atoms in total. The average Bonchev–Trinajstić information content (AvgIpc) is 0.814. The molecule has 89 heavy (non-hydrogen) atoms. The van der Waals surface area contributed by atoms with Crippen LogP contribution in [0.25, 0.3) is 0 Å². The molecule has 3 aliphatic carbocycles. The molecule has 0 aromatic heterocycles. The Balaban J connectivity index is 0.000000668. The van der Waals surface area contributed by atoms with Crippen LogP contribution in [0.5, 0.6) is 0 Å². The molecule has 0 radical (unpaired) electrons. The molecule has 0 aromatic rings. The Kier molecular flexibility index (Phi) is 32.2. The maximum atomic E-state index is 13.7. The molecule has 4 atom stereocenters. The van der Waals surface area contributed by atoms with Crippen molar-refractivity contribution >= 4 is 52.0 Å². The van der Waals surface area contributed by atoms with Crippen LogP contribution in [0.15, 0.2) is 139 Å². The normalized spacial score (nSPS) is 18.7. The number of allylic oxidation sites excluding steroid dienone is 24. The zero-order valence-electron chi connectivity index (χ0n) is 59.0. The second-order valence-corrected chi connectivity index (χ2v) is 27.9. The largest absolute Gasteiger partial charge is 0.511 e. The van der Waals surface area contributed by atoms with E-state index >= 15 is 0 Å². The van der Waals surface area contributed by atoms with Gasteiger partial charge in [0.05, 0.1) is 33.7 Å². The van der Waals surface area contributed by atoms with Gasteiger partial charge in [0.25, 0.3) is 0 Å². The van der Waals surface area contributed by atoms with Crippen LogP contribution in [0.3, 0.4) is 0 Å². The van der Waals surface area contributed by atoms with Crippen LogP contribution in [0.4, 0.5) is 0 Å². The molecule has 4 unspecified atom stereocenters. The first kappa shape index (κ1) is 80.3. The fourth-order valence-electron chi connectivity index (χ4n) is 10.6. The minimum absolute atomic E-state index is 0.0458. The van der Waals surface area contributed by atoms with Crippen molar-refractivity contribution in [3.63, 3.8) is 0 Å². The van der Waals surface area contributed by atoms with Gasteiger partial charge in [0, 0.05) is 23.8 Å². The molecule has 3 N–H and O–H groups in total. The van der Waals surface area contributed by atoms with Crippen molar-refractivity contribution in [2.24, 2.45) is 51.8 Å². The molecule has 0 bridgehead atoms. The zero-order chi connectivity index (χ0) is 69.0. The standard InChI is InChI=1S/2C26H38O4.C25H36O4/c1-16(2)9-10-20-23(28)22(21(27)15-19(7)8)25(30)26(24(20)29,13-11-17(3)4)14-12-18(5)6;1-9-19(8)22(27)21-23(28)20(11-10-16(2)3)24(29)26(25(21)30,14-12-17(4)5)15-13-18(6)7;1-15(2)9-10-19-22(27)20(21(26)18(7)8)24(29)25(23(19)28,13-11-16(3)4)14-12-17(5)6/h9,11-12,19-20,30H,10,13-15H2,1-8H3;10,12-13,19-20,30H,9,11,14-15H2,1-8H3;9,11-12,18,20,28H,10,13-14H2,1-8H3. The predicted molar refractivity (Wildman–Crippen MR) is 362 cm³/mol. The van der Waals surface area contributed by atoms with Crippen molar-refractivity contribution in [1.29, 1.82) is 0 Å². The monoisotopic (exact) mass is 1230 g/mol. The lowest BCUT2D eigenvalue weighted by Crippen LogP contribution is -2.50. The van der Waals surface area contributed by atoms with E-state index in [4.69, 9.17) is 0 Å². The van der Waals surface area contributed by atoms with Crippen LogP contribution in [-0.2, 0) is 43.2 Å². The van der Waals surface area contributed by atoms with Gasteiger partial charge in [0.1, 0.15) is 28.8 Å². The molecule has 3 rings (SSSR count). The van der Waals surface area contributed by atoms with Crippen molar-refractivity contribution in [3.05, 3.63) is 139 Å². The number of carbonyl (C=O) groups excluding carboxylic acids is 9. The van der Waals surface area contributed by atoms with Crippen LogP contribution < -0.4 is 0 Å². The summed E-state index contributed by atoms with van der Waals surface area (Å²) in [6.45, 7) is 45.4. The van der Waals surface area contributed by atoms with Crippen LogP contribution >= 0.6 is 0 Å². The summed E-state index contributed by atoms with van der Waals surface area (Å²) in [6, 6.07) is 0. The molecule has 0 aromatic carbocycles. The third-order valence-electron chi connectivity index (χ3n) is 16.5. The van der Waals surface area contributed by atoms with E-state index in [1.807, 2.05) is 200 Å². The van der Waals surface area contributed by atoms with Crippen molar-refractivity contribution in [2.75, 3.05) is 0 Å². The summed E-state index contributed by atoms with van der Waals surface area (Å²) in [5, 5.41) is 33.8. The Hall–Kier alpha value is -6.69. The van der Waals surface area contributed by atoms with Gasteiger partial charge in [0.2, 0.25) is 0 Å². The topological polar surface area (TPSA) is 214 Å². The highest BCUT2D eigenvalue weighted by Gasteiger charge is 2.57. The van der Waals surface area contributed by atoms with Crippen LogP contribution in [-0.4, -0.2) is 67.4 Å². The summed E-state index contributed by atoms with van der Waals surface area (Å²) in [5.74, 6) is -8.69. The highest BCUT2D eigenvalue weighted by molar-refractivity contribution is 6.30. The van der Waals surface area contributed by atoms with Gasteiger partial charge >= 0.3 is 0 Å². The van der Waals surface area contributed by atoms with E-state index in [2.05, 4.69) is 0 Å². The van der Waals surface area contributed by atoms with E-state index in [1.54, 1.807) is 20.8 Å². The molecule has 3 aliphatic rings. The summed E-state index contributed by atoms with van der Waals surface area (Å²) >= 11 is 0. The lowest BCUT2D eigenvalue weighted by atomic mass is 9.62. The highest BCUT2D eigenvalue weighted by atomic mass is 16.3. The Morgan fingerprint density at radius 3 is 1.01 bits per heavy atom. The number of aliphatic hydroxyl groups excluding tert-OH is 3. The Bertz CT molecular complexity index is 3000. The molecular weight excluding hydrogens is 1120 g/mol. The third kappa shape index (κ3) is 21.5. The molecule has 0 saturated heterocycles. The molecular formula is C77H112O12. The number of aliphatic hydroxyl groups is 3. The molecule has 492 valence electrons. The van der Waals surface area contributed by atoms with Crippen molar-refractivity contribution in [1.82, 2.24) is 0 Å². The SMILES string of the molecule is CC(C)=CCC1=C(O)C(CC=C(C)C)(CC=C(C)C)C(=O)C(C(=O)C(C)C)C1=O.CC(C)=CCC1C(=O)C(C(=O)CC(C)C)=C(O)C(CC=C(C)C)(CC=C(C)C)C1=O.CCC(C)C(=O)C1=C(O)C(CC=C(C)C)(CC=C(C)C)C(=O)C(CC=C(C)C)C1=O. The van der Waals surface area contributed by atoms with Crippen molar-refractivity contribution in [3.8, 4) is 0 Å². The fraction of sp³-hybridized carbons (Fsp3) is 0.571. The lowest BCUT2D eigenvalue weighted by Gasteiger charge is -2.38. The van der Waals surface area contributed by atoms with Gasteiger partial charge < -0.3 is 15.3 Å². The maximum absolute atomic E-state index is 13.7. The number of carbonyl (C=O) groups is 9. The van der Waals surface area contributed by atoms with Gasteiger partial charge in [-0.25, -0.2) is 0 Å². The molecule has 0 saturated carbocycles. The minimum atomic E-state index is -1.34. The molecule has 0 amide bonds. The summed E-state index contributed by atoms with van der Waals surface area (Å²) in [7, 11) is 0. The first-order chi connectivity index (χ1) is 41.1. The number of rotatable bonds is 26. The first-order valence-electron chi connectivity index (χ1n) is 31.9. The third-order valence-corrected chi connectivity index (χ3v) is 16.5. The molecule has 0 heterocycles. The highest BCUT2D eigenvalue weighted by Crippen LogP contribution is 2.49. The van der Waals surface area contributed by atoms with Crippen molar-refractivity contribution < 1.29 is 58.5 Å². The summed E-state index contributed by atoms with van der Waals surface area (Å²) in [6.07, 6.45) is 20.0. The number of Topliss-reactive ketones (excluding diaryl/α,β-unsaturated/α-hetero) is 9. The van der Waals surface area contributed by atoms with Gasteiger partial charge in [-0.2, -0.15) is 0 Å². The van der Waals surface area contributed by atoms with Gasteiger partial charge in [-0.3, -0.25) is 43.2 Å². The summed E-state index contributed by atoms with van der Waals surface area (Å²) < 4.78 is 0. The van der Waals surface area contributed by atoms with Gasteiger partial charge in [-0.1, -0.05) is 146 Å². The zero-order valence-corrected chi connectivity index (χ0v) is 59.0. The van der Waals surface area contributed by atoms with E-state index in [0.29, 0.717) is 6.42 Å². The van der Waals surface area contributed by atoms with Crippen LogP contribution in [0, 0.1) is 51.8 Å². The summed E-state index contributed by atoms with van der Waals surface area (Å²) in [5.41, 5.74) is 5.07. The van der Waals surface area contributed by atoms with E-state index in [-0.39, 0.29) is 133 Å². The van der Waals surface area contributed by atoms with Gasteiger partial charge in [-0.05, 0) is 195 Å². The molecule has 0 aliphatic heterocycles. The van der Waals surface area contributed by atoms with Gasteiger partial charge in [-0.15, -0.1) is 0 Å². The Morgan fingerprint density at radius 2 is 0.719 bits per heavy atom. The van der Waals surface area contributed by atoms with Crippen molar-refractivity contribution in [2.45, 2.75) is 237 Å². The van der Waals surface area contributed by atoms with Crippen LogP contribution in [0.1, 0.15) is 237 Å². The predicted octanol–water partition coefficient (Wildman–Crippen LogP) is 18.3. The lowest BCUT2D eigenvalue weighted by molar-refractivity contribution is -0.147. The van der Waals surface area contributed by atoms with E-state index in [1.165, 1.54) is 0 Å². The number of hydrogen-bond acceptors (Lipinski definition) is 12. The number of ketones is 9. The average molecular weight is 1230 g/mol. The fourth-order valence-corrected chi connectivity index (χ4v) is 10.6.